The molecule has 0 N–H and O–H groups in total. The van der Waals surface area contributed by atoms with Gasteiger partial charge in [-0.05, 0) is 6.07 Å². The smallest absolute Gasteiger partial charge is 0.164 e. The van der Waals surface area contributed by atoms with Crippen LogP contribution in [0, 0.1) is 23.0 Å². The summed E-state index contributed by atoms with van der Waals surface area (Å²) in [4.78, 5) is -0.798. The second-order valence-corrected chi connectivity index (χ2v) is 3.05. The van der Waals surface area contributed by atoms with Gasteiger partial charge in [-0.15, -0.1) is 0 Å². The van der Waals surface area contributed by atoms with Gasteiger partial charge in [0.1, 0.15) is 4.83 Å². The van der Waals surface area contributed by atoms with E-state index in [2.05, 4.69) is 15.9 Å². The fourth-order valence-electron chi connectivity index (χ4n) is 0.786. The maximum atomic E-state index is 12.9. The van der Waals surface area contributed by atoms with Crippen molar-refractivity contribution in [1.82, 2.24) is 0 Å². The number of hydrogen-bond acceptors (Lipinski definition) is 1. The normalized spacial score (nSPS) is 12.2. The molecule has 0 aliphatic heterocycles. The maximum absolute atomic E-state index is 12.9. The molecule has 0 aliphatic carbocycles. The Labute approximate surface area is 76.8 Å². The van der Waals surface area contributed by atoms with Crippen LogP contribution >= 0.6 is 15.9 Å². The van der Waals surface area contributed by atoms with Crippen LogP contribution in [-0.4, -0.2) is 0 Å². The Morgan fingerprint density at radius 2 is 2.08 bits per heavy atom. The number of rotatable bonds is 1. The number of nitriles is 1. The molecule has 0 amide bonds. The van der Waals surface area contributed by atoms with Crippen molar-refractivity contribution in [1.29, 1.82) is 5.26 Å². The van der Waals surface area contributed by atoms with Gasteiger partial charge in [-0.2, -0.15) is 5.26 Å². The van der Waals surface area contributed by atoms with E-state index in [0.29, 0.717) is 0 Å². The molecule has 62 valence electrons. The Hall–Kier alpha value is -0.950. The van der Waals surface area contributed by atoms with Gasteiger partial charge in [0.2, 0.25) is 0 Å². The molecule has 0 saturated carbocycles. The van der Waals surface area contributed by atoms with Crippen molar-refractivity contribution in [2.45, 2.75) is 4.83 Å². The third-order valence-electron chi connectivity index (χ3n) is 1.37. The van der Waals surface area contributed by atoms with Crippen LogP contribution in [0.1, 0.15) is 10.4 Å². The van der Waals surface area contributed by atoms with Crippen LogP contribution in [0.5, 0.6) is 0 Å². The number of alkyl halides is 1. The van der Waals surface area contributed by atoms with E-state index in [1.165, 1.54) is 12.1 Å². The van der Waals surface area contributed by atoms with Crippen molar-refractivity contribution in [3.05, 3.63) is 35.4 Å². The average Bonchev–Trinajstić information content (AvgIpc) is 2.08. The Bertz CT molecular complexity index is 332. The third-order valence-corrected chi connectivity index (χ3v) is 2.07. The lowest BCUT2D eigenvalue weighted by Gasteiger charge is -2.02. The van der Waals surface area contributed by atoms with Crippen molar-refractivity contribution in [2.75, 3.05) is 0 Å². The predicted octanol–water partition coefficient (Wildman–Crippen LogP) is 2.92. The molecule has 0 aromatic heterocycles. The number of nitrogens with zero attached hydrogens (tertiary/aromatic N) is 1. The van der Waals surface area contributed by atoms with Gasteiger partial charge < -0.3 is 0 Å². The summed E-state index contributed by atoms with van der Waals surface area (Å²) in [6.45, 7) is 0. The molecule has 1 aromatic rings. The molecule has 0 heterocycles. The molecular weight excluding hydrogens is 228 g/mol. The van der Waals surface area contributed by atoms with Gasteiger partial charge in [-0.25, -0.2) is 8.78 Å². The number of benzene rings is 1. The fraction of sp³-hybridized carbons (Fsp3) is 0.125. The Morgan fingerprint density at radius 3 is 2.67 bits per heavy atom. The second kappa shape index (κ2) is 3.63. The molecule has 0 aliphatic rings. The second-order valence-electron chi connectivity index (χ2n) is 2.13. The van der Waals surface area contributed by atoms with Gasteiger partial charge in [0.15, 0.2) is 11.6 Å². The lowest BCUT2D eigenvalue weighted by Crippen LogP contribution is -1.94. The molecule has 1 nitrogen and oxygen atoms in total. The number of halogens is 3. The summed E-state index contributed by atoms with van der Waals surface area (Å²) in [7, 11) is 0. The fourth-order valence-corrected chi connectivity index (χ4v) is 1.14. The molecule has 0 bridgehead atoms. The van der Waals surface area contributed by atoms with Crippen LogP contribution in [0.3, 0.4) is 0 Å². The van der Waals surface area contributed by atoms with E-state index in [1.807, 2.05) is 0 Å². The Kier molecular flexibility index (Phi) is 2.77. The van der Waals surface area contributed by atoms with Crippen molar-refractivity contribution < 1.29 is 8.78 Å². The lowest BCUT2D eigenvalue weighted by atomic mass is 10.1. The topological polar surface area (TPSA) is 23.8 Å². The minimum Gasteiger partial charge on any atom is -0.204 e. The van der Waals surface area contributed by atoms with Crippen LogP contribution in [0.25, 0.3) is 0 Å². The molecule has 1 aromatic carbocycles. The van der Waals surface area contributed by atoms with Crippen LogP contribution in [0.15, 0.2) is 18.2 Å². The maximum Gasteiger partial charge on any atom is 0.164 e. The third kappa shape index (κ3) is 1.62. The van der Waals surface area contributed by atoms with Crippen LogP contribution < -0.4 is 0 Å². The van der Waals surface area contributed by atoms with Gasteiger partial charge in [0.25, 0.3) is 0 Å². The molecule has 1 unspecified atom stereocenters. The van der Waals surface area contributed by atoms with Crippen LogP contribution in [0.4, 0.5) is 8.78 Å². The zero-order valence-corrected chi connectivity index (χ0v) is 7.48. The molecule has 0 fully saturated rings. The minimum atomic E-state index is -0.971. The van der Waals surface area contributed by atoms with Gasteiger partial charge in [-0.1, -0.05) is 28.1 Å². The van der Waals surface area contributed by atoms with Crippen molar-refractivity contribution >= 4 is 15.9 Å². The summed E-state index contributed by atoms with van der Waals surface area (Å²) in [5, 5.41) is 8.42. The molecule has 0 spiro atoms. The molecule has 1 atom stereocenters. The summed E-state index contributed by atoms with van der Waals surface area (Å²) in [6.07, 6.45) is 0. The van der Waals surface area contributed by atoms with E-state index < -0.39 is 16.5 Å². The Morgan fingerprint density at radius 1 is 1.42 bits per heavy atom. The highest BCUT2D eigenvalue weighted by atomic mass is 79.9. The molecule has 0 radical (unpaired) electrons. The van der Waals surface area contributed by atoms with Crippen molar-refractivity contribution in [2.24, 2.45) is 0 Å². The monoisotopic (exact) mass is 231 g/mol. The van der Waals surface area contributed by atoms with E-state index in [0.717, 1.165) is 6.07 Å². The van der Waals surface area contributed by atoms with Crippen LogP contribution in [0.2, 0.25) is 0 Å². The van der Waals surface area contributed by atoms with E-state index >= 15 is 0 Å². The first-order valence-corrected chi connectivity index (χ1v) is 4.06. The van der Waals surface area contributed by atoms with Crippen molar-refractivity contribution in [3.8, 4) is 6.07 Å². The average molecular weight is 232 g/mol. The lowest BCUT2D eigenvalue weighted by molar-refractivity contribution is 0.501. The zero-order chi connectivity index (χ0) is 9.14. The number of hydrogen-bond donors (Lipinski definition) is 0. The van der Waals surface area contributed by atoms with Gasteiger partial charge in [0.05, 0.1) is 6.07 Å². The molecular formula is C8H4BrF2N. The van der Waals surface area contributed by atoms with Gasteiger partial charge in [-0.3, -0.25) is 0 Å². The summed E-state index contributed by atoms with van der Waals surface area (Å²) < 4.78 is 25.5. The standard InChI is InChI=1S/C8H4BrF2N/c9-6(4-12)5-2-1-3-7(10)8(5)11/h1-3,6H. The highest BCUT2D eigenvalue weighted by Crippen LogP contribution is 2.25. The quantitative estimate of drug-likeness (QED) is 0.683. The van der Waals surface area contributed by atoms with E-state index in [1.54, 1.807) is 6.07 Å². The predicted molar refractivity (Wildman–Crippen MR) is 43.6 cm³/mol. The largest absolute Gasteiger partial charge is 0.204 e. The molecule has 12 heavy (non-hydrogen) atoms. The molecule has 1 rings (SSSR count). The van der Waals surface area contributed by atoms with Crippen LogP contribution in [-0.2, 0) is 0 Å². The molecule has 0 saturated heterocycles. The van der Waals surface area contributed by atoms with E-state index in [9.17, 15) is 8.78 Å². The zero-order valence-electron chi connectivity index (χ0n) is 5.89. The summed E-state index contributed by atoms with van der Waals surface area (Å²) >= 11 is 2.90. The van der Waals surface area contributed by atoms with Gasteiger partial charge in [0, 0.05) is 5.56 Å². The summed E-state index contributed by atoms with van der Waals surface area (Å²) in [5.41, 5.74) is 0.0255. The Balaban J connectivity index is 3.18. The SMILES string of the molecule is N#CC(Br)c1cccc(F)c1F. The first kappa shape index (κ1) is 9.14. The van der Waals surface area contributed by atoms with E-state index in [4.69, 9.17) is 5.26 Å². The summed E-state index contributed by atoms with van der Waals surface area (Å²) in [6, 6.07) is 5.49. The van der Waals surface area contributed by atoms with E-state index in [-0.39, 0.29) is 5.56 Å². The van der Waals surface area contributed by atoms with Crippen molar-refractivity contribution in [3.63, 3.8) is 0 Å². The highest BCUT2D eigenvalue weighted by Gasteiger charge is 2.14. The van der Waals surface area contributed by atoms with Gasteiger partial charge >= 0.3 is 0 Å². The minimum absolute atomic E-state index is 0.0255. The highest BCUT2D eigenvalue weighted by molar-refractivity contribution is 9.09. The first-order valence-electron chi connectivity index (χ1n) is 3.14. The first-order chi connectivity index (χ1) is 5.66. The molecule has 4 heteroatoms. The summed E-state index contributed by atoms with van der Waals surface area (Å²) in [5.74, 6) is -1.91.